The molecule has 0 spiro atoms. The molecule has 1 fully saturated rings. The summed E-state index contributed by atoms with van der Waals surface area (Å²) in [6.07, 6.45) is 2.15. The molecule has 3 nitrogen and oxygen atoms in total. The lowest BCUT2D eigenvalue weighted by atomic mass is 10.1. The van der Waals surface area contributed by atoms with Crippen LogP contribution in [0, 0.1) is 0 Å². The highest BCUT2D eigenvalue weighted by Gasteiger charge is 2.32. The van der Waals surface area contributed by atoms with Crippen LogP contribution in [-0.2, 0) is 9.47 Å². The quantitative estimate of drug-likeness (QED) is 0.647. The van der Waals surface area contributed by atoms with Crippen LogP contribution in [0.15, 0.2) is 0 Å². The van der Waals surface area contributed by atoms with Gasteiger partial charge in [0.15, 0.2) is 5.79 Å². The Labute approximate surface area is 74.4 Å². The van der Waals surface area contributed by atoms with Gasteiger partial charge < -0.3 is 14.8 Å². The van der Waals surface area contributed by atoms with Crippen LogP contribution in [-0.4, -0.2) is 32.1 Å². The summed E-state index contributed by atoms with van der Waals surface area (Å²) in [5, 5.41) is 3.30. The molecule has 0 aromatic carbocycles. The van der Waals surface area contributed by atoms with E-state index in [-0.39, 0.29) is 5.79 Å². The van der Waals surface area contributed by atoms with Crippen molar-refractivity contribution >= 4 is 0 Å². The maximum atomic E-state index is 5.63. The molecule has 12 heavy (non-hydrogen) atoms. The first kappa shape index (κ1) is 9.96. The summed E-state index contributed by atoms with van der Waals surface area (Å²) < 4.78 is 11.3. The average Bonchev–Trinajstić information content (AvgIpc) is 2.07. The molecule has 0 unspecified atom stereocenters. The summed E-state index contributed by atoms with van der Waals surface area (Å²) in [5.74, 6) is -0.332. The topological polar surface area (TPSA) is 30.5 Å². The second-order valence-electron chi connectivity index (χ2n) is 3.06. The van der Waals surface area contributed by atoms with Crippen molar-refractivity contribution in [1.82, 2.24) is 5.32 Å². The zero-order chi connectivity index (χ0) is 8.86. The van der Waals surface area contributed by atoms with E-state index in [2.05, 4.69) is 5.32 Å². The van der Waals surface area contributed by atoms with Crippen LogP contribution in [0.1, 0.15) is 26.7 Å². The van der Waals surface area contributed by atoms with Crippen LogP contribution >= 0.6 is 0 Å². The van der Waals surface area contributed by atoms with Crippen molar-refractivity contribution in [3.8, 4) is 0 Å². The zero-order valence-electron chi connectivity index (χ0n) is 8.06. The Morgan fingerprint density at radius 3 is 2.33 bits per heavy atom. The zero-order valence-corrected chi connectivity index (χ0v) is 8.06. The lowest BCUT2D eigenvalue weighted by Crippen LogP contribution is -2.49. The van der Waals surface area contributed by atoms with Gasteiger partial charge in [-0.3, -0.25) is 0 Å². The predicted molar refractivity (Wildman–Crippen MR) is 48.1 cm³/mol. The molecular weight excluding hydrogens is 154 g/mol. The van der Waals surface area contributed by atoms with Gasteiger partial charge in [0.1, 0.15) is 0 Å². The van der Waals surface area contributed by atoms with Gasteiger partial charge in [0.25, 0.3) is 0 Å². The molecule has 0 atom stereocenters. The summed E-state index contributed by atoms with van der Waals surface area (Å²) in [6.45, 7) is 7.38. The van der Waals surface area contributed by atoms with Crippen molar-refractivity contribution in [3.63, 3.8) is 0 Å². The maximum Gasteiger partial charge on any atom is 0.180 e. The van der Waals surface area contributed by atoms with E-state index >= 15 is 0 Å². The molecule has 0 bridgehead atoms. The lowest BCUT2D eigenvalue weighted by molar-refractivity contribution is -0.239. The predicted octanol–water partition coefficient (Wildman–Crippen LogP) is 1.14. The van der Waals surface area contributed by atoms with E-state index in [0.29, 0.717) is 0 Å². The minimum absolute atomic E-state index is 0.332. The molecule has 0 aromatic rings. The number of rotatable bonds is 4. The van der Waals surface area contributed by atoms with Gasteiger partial charge >= 0.3 is 0 Å². The Hall–Kier alpha value is -0.120. The van der Waals surface area contributed by atoms with Gasteiger partial charge in [0, 0.05) is 26.2 Å². The normalized spacial score (nSPS) is 22.5. The van der Waals surface area contributed by atoms with Gasteiger partial charge in [-0.15, -0.1) is 0 Å². The first-order valence-corrected chi connectivity index (χ1v) is 4.81. The molecule has 1 N–H and O–H groups in total. The fourth-order valence-corrected chi connectivity index (χ4v) is 1.66. The van der Waals surface area contributed by atoms with E-state index in [1.807, 2.05) is 13.8 Å². The Balaban J connectivity index is 2.44. The van der Waals surface area contributed by atoms with E-state index in [1.54, 1.807) is 0 Å². The van der Waals surface area contributed by atoms with Crippen molar-refractivity contribution in [3.05, 3.63) is 0 Å². The van der Waals surface area contributed by atoms with Gasteiger partial charge in [-0.2, -0.15) is 0 Å². The molecule has 0 saturated carbocycles. The largest absolute Gasteiger partial charge is 0.349 e. The van der Waals surface area contributed by atoms with Crippen LogP contribution in [0.4, 0.5) is 0 Å². The fourth-order valence-electron chi connectivity index (χ4n) is 1.66. The maximum absolute atomic E-state index is 5.63. The Kier molecular flexibility index (Phi) is 3.98. The van der Waals surface area contributed by atoms with Gasteiger partial charge in [0.2, 0.25) is 0 Å². The smallest absolute Gasteiger partial charge is 0.180 e. The second kappa shape index (κ2) is 4.80. The molecular formula is C9H19NO2. The SMILES string of the molecule is CCOC1(OCC)CCCNC1. The fraction of sp³-hybridized carbons (Fsp3) is 1.00. The Morgan fingerprint density at radius 2 is 1.92 bits per heavy atom. The van der Waals surface area contributed by atoms with Gasteiger partial charge in [0.05, 0.1) is 0 Å². The van der Waals surface area contributed by atoms with Crippen LogP contribution < -0.4 is 5.32 Å². The van der Waals surface area contributed by atoms with E-state index in [4.69, 9.17) is 9.47 Å². The van der Waals surface area contributed by atoms with Crippen LogP contribution in [0.25, 0.3) is 0 Å². The number of nitrogens with one attached hydrogen (secondary N) is 1. The molecule has 0 radical (unpaired) electrons. The molecule has 1 rings (SSSR count). The van der Waals surface area contributed by atoms with E-state index < -0.39 is 0 Å². The molecule has 1 saturated heterocycles. The van der Waals surface area contributed by atoms with E-state index in [1.165, 1.54) is 0 Å². The summed E-state index contributed by atoms with van der Waals surface area (Å²) >= 11 is 0. The third-order valence-electron chi connectivity index (χ3n) is 2.12. The van der Waals surface area contributed by atoms with E-state index in [0.717, 1.165) is 39.1 Å². The summed E-state index contributed by atoms with van der Waals surface area (Å²) in [5.41, 5.74) is 0. The van der Waals surface area contributed by atoms with Gasteiger partial charge in [-0.1, -0.05) is 0 Å². The molecule has 1 aliphatic rings. The summed E-state index contributed by atoms with van der Waals surface area (Å²) in [7, 11) is 0. The van der Waals surface area contributed by atoms with Gasteiger partial charge in [-0.25, -0.2) is 0 Å². The second-order valence-corrected chi connectivity index (χ2v) is 3.06. The number of hydrogen-bond acceptors (Lipinski definition) is 3. The third-order valence-corrected chi connectivity index (χ3v) is 2.12. The minimum Gasteiger partial charge on any atom is -0.349 e. The first-order valence-electron chi connectivity index (χ1n) is 4.81. The third kappa shape index (κ3) is 2.44. The number of piperidine rings is 1. The molecule has 1 heterocycles. The average molecular weight is 173 g/mol. The molecule has 0 aromatic heterocycles. The number of ether oxygens (including phenoxy) is 2. The van der Waals surface area contributed by atoms with Crippen molar-refractivity contribution < 1.29 is 9.47 Å². The lowest BCUT2D eigenvalue weighted by Gasteiger charge is -2.36. The molecule has 1 aliphatic heterocycles. The highest BCUT2D eigenvalue weighted by atomic mass is 16.7. The van der Waals surface area contributed by atoms with Crippen molar-refractivity contribution in [2.45, 2.75) is 32.5 Å². The number of hydrogen-bond donors (Lipinski definition) is 1. The highest BCUT2D eigenvalue weighted by Crippen LogP contribution is 2.22. The summed E-state index contributed by atoms with van der Waals surface area (Å²) in [6, 6.07) is 0. The van der Waals surface area contributed by atoms with Crippen molar-refractivity contribution in [2.24, 2.45) is 0 Å². The molecule has 0 amide bonds. The highest BCUT2D eigenvalue weighted by molar-refractivity contribution is 4.78. The van der Waals surface area contributed by atoms with Crippen molar-refractivity contribution in [2.75, 3.05) is 26.3 Å². The van der Waals surface area contributed by atoms with Crippen LogP contribution in [0.3, 0.4) is 0 Å². The molecule has 0 aliphatic carbocycles. The Morgan fingerprint density at radius 1 is 1.25 bits per heavy atom. The van der Waals surface area contributed by atoms with Crippen LogP contribution in [0.2, 0.25) is 0 Å². The Bertz CT molecular complexity index is 106. The standard InChI is InChI=1S/C9H19NO2/c1-3-11-9(12-4-2)6-5-7-10-8-9/h10H,3-8H2,1-2H3. The summed E-state index contributed by atoms with van der Waals surface area (Å²) in [4.78, 5) is 0. The van der Waals surface area contributed by atoms with Gasteiger partial charge in [-0.05, 0) is 26.8 Å². The van der Waals surface area contributed by atoms with Crippen LogP contribution in [0.5, 0.6) is 0 Å². The van der Waals surface area contributed by atoms with Crippen molar-refractivity contribution in [1.29, 1.82) is 0 Å². The minimum atomic E-state index is -0.332. The molecule has 3 heteroatoms. The monoisotopic (exact) mass is 173 g/mol. The molecule has 72 valence electrons. The first-order chi connectivity index (χ1) is 5.83. The van der Waals surface area contributed by atoms with E-state index in [9.17, 15) is 0 Å².